The summed E-state index contributed by atoms with van der Waals surface area (Å²) in [4.78, 5) is 18.5. The molecule has 0 aliphatic heterocycles. The minimum absolute atomic E-state index is 0.170. The van der Waals surface area contributed by atoms with Gasteiger partial charge in [-0.1, -0.05) is 36.4 Å². The van der Waals surface area contributed by atoms with Crippen LogP contribution in [-0.4, -0.2) is 29.4 Å². The van der Waals surface area contributed by atoms with Crippen LogP contribution in [0, 0.1) is 0 Å². The van der Waals surface area contributed by atoms with Gasteiger partial charge in [-0.15, -0.1) is 6.58 Å². The molecule has 0 atom stereocenters. The highest BCUT2D eigenvalue weighted by molar-refractivity contribution is 5.95. The SMILES string of the molecule is C=CCN(Cc1ccccc1)C(=O)c1ncccc1OC. The predicted molar refractivity (Wildman–Crippen MR) is 82.2 cm³/mol. The number of hydrogen-bond donors (Lipinski definition) is 0. The Morgan fingerprint density at radius 1 is 1.29 bits per heavy atom. The smallest absolute Gasteiger partial charge is 0.276 e. The van der Waals surface area contributed by atoms with Gasteiger partial charge < -0.3 is 9.64 Å². The predicted octanol–water partition coefficient (Wildman–Crippen LogP) is 2.92. The van der Waals surface area contributed by atoms with Crippen LogP contribution in [0.2, 0.25) is 0 Å². The quantitative estimate of drug-likeness (QED) is 0.765. The third kappa shape index (κ3) is 3.69. The first-order chi connectivity index (χ1) is 10.3. The Kier molecular flexibility index (Phi) is 5.10. The normalized spacial score (nSPS) is 9.95. The maximum Gasteiger partial charge on any atom is 0.276 e. The molecule has 0 saturated heterocycles. The number of aromatic nitrogens is 1. The molecule has 1 amide bonds. The first-order valence-corrected chi connectivity index (χ1v) is 6.69. The van der Waals surface area contributed by atoms with Gasteiger partial charge in [-0.2, -0.15) is 0 Å². The second-order valence-electron chi connectivity index (χ2n) is 4.51. The topological polar surface area (TPSA) is 42.4 Å². The zero-order valence-electron chi connectivity index (χ0n) is 12.0. The lowest BCUT2D eigenvalue weighted by Crippen LogP contribution is -2.31. The number of amides is 1. The highest BCUT2D eigenvalue weighted by atomic mass is 16.5. The minimum Gasteiger partial charge on any atom is -0.494 e. The van der Waals surface area contributed by atoms with Crippen LogP contribution in [0.4, 0.5) is 0 Å². The Morgan fingerprint density at radius 2 is 2.05 bits per heavy atom. The van der Waals surface area contributed by atoms with Gasteiger partial charge in [-0.05, 0) is 17.7 Å². The van der Waals surface area contributed by atoms with E-state index in [1.54, 1.807) is 29.3 Å². The first kappa shape index (κ1) is 14.8. The van der Waals surface area contributed by atoms with E-state index < -0.39 is 0 Å². The molecule has 4 heteroatoms. The Balaban J connectivity index is 2.25. The van der Waals surface area contributed by atoms with Gasteiger partial charge in [0, 0.05) is 19.3 Å². The van der Waals surface area contributed by atoms with Crippen LogP contribution in [0.5, 0.6) is 5.75 Å². The minimum atomic E-state index is -0.170. The van der Waals surface area contributed by atoms with Gasteiger partial charge in [-0.25, -0.2) is 4.98 Å². The number of carbonyl (C=O) groups is 1. The summed E-state index contributed by atoms with van der Waals surface area (Å²) in [6, 6.07) is 13.3. The van der Waals surface area contributed by atoms with Crippen molar-refractivity contribution in [3.05, 3.63) is 72.6 Å². The Labute approximate surface area is 124 Å². The van der Waals surface area contributed by atoms with Crippen molar-refractivity contribution in [1.82, 2.24) is 9.88 Å². The van der Waals surface area contributed by atoms with E-state index in [1.807, 2.05) is 30.3 Å². The zero-order chi connectivity index (χ0) is 15.1. The van der Waals surface area contributed by atoms with Crippen LogP contribution in [0.25, 0.3) is 0 Å². The number of ether oxygens (including phenoxy) is 1. The van der Waals surface area contributed by atoms with Crippen molar-refractivity contribution in [2.45, 2.75) is 6.54 Å². The van der Waals surface area contributed by atoms with Crippen molar-refractivity contribution < 1.29 is 9.53 Å². The van der Waals surface area contributed by atoms with Gasteiger partial charge in [0.2, 0.25) is 0 Å². The molecule has 1 aromatic heterocycles. The molecule has 0 saturated carbocycles. The molecule has 0 aliphatic carbocycles. The third-order valence-corrected chi connectivity index (χ3v) is 3.05. The van der Waals surface area contributed by atoms with Crippen LogP contribution in [0.3, 0.4) is 0 Å². The molecule has 0 bridgehead atoms. The molecule has 2 rings (SSSR count). The summed E-state index contributed by atoms with van der Waals surface area (Å²) < 4.78 is 5.21. The second kappa shape index (κ2) is 7.24. The van der Waals surface area contributed by atoms with E-state index >= 15 is 0 Å². The van der Waals surface area contributed by atoms with Gasteiger partial charge in [0.15, 0.2) is 5.69 Å². The number of rotatable bonds is 6. The molecule has 1 aromatic carbocycles. The van der Waals surface area contributed by atoms with Crippen molar-refractivity contribution in [3.8, 4) is 5.75 Å². The fourth-order valence-electron chi connectivity index (χ4n) is 2.04. The van der Waals surface area contributed by atoms with E-state index in [4.69, 9.17) is 4.74 Å². The first-order valence-electron chi connectivity index (χ1n) is 6.69. The number of benzene rings is 1. The molecule has 0 spiro atoms. The fourth-order valence-corrected chi connectivity index (χ4v) is 2.04. The fraction of sp³-hybridized carbons (Fsp3) is 0.176. The van der Waals surface area contributed by atoms with E-state index in [2.05, 4.69) is 11.6 Å². The second-order valence-corrected chi connectivity index (χ2v) is 4.51. The average Bonchev–Trinajstić information content (AvgIpc) is 2.54. The Morgan fingerprint density at radius 3 is 2.71 bits per heavy atom. The van der Waals surface area contributed by atoms with E-state index in [0.717, 1.165) is 5.56 Å². The molecule has 108 valence electrons. The average molecular weight is 282 g/mol. The summed E-state index contributed by atoms with van der Waals surface area (Å²) in [7, 11) is 1.53. The summed E-state index contributed by atoms with van der Waals surface area (Å²) in [5, 5.41) is 0. The van der Waals surface area contributed by atoms with E-state index in [0.29, 0.717) is 24.5 Å². The number of pyridine rings is 1. The van der Waals surface area contributed by atoms with E-state index in [1.165, 1.54) is 7.11 Å². The molecular formula is C17H18N2O2. The van der Waals surface area contributed by atoms with Gasteiger partial charge in [0.05, 0.1) is 7.11 Å². The van der Waals surface area contributed by atoms with Gasteiger partial charge >= 0.3 is 0 Å². The van der Waals surface area contributed by atoms with Crippen LogP contribution in [0.15, 0.2) is 61.3 Å². The van der Waals surface area contributed by atoms with Crippen molar-refractivity contribution in [2.75, 3.05) is 13.7 Å². The standard InChI is InChI=1S/C17H18N2O2/c1-3-12-19(13-14-8-5-4-6-9-14)17(20)16-15(21-2)10-7-11-18-16/h3-11H,1,12-13H2,2H3. The summed E-state index contributed by atoms with van der Waals surface area (Å²) in [5.74, 6) is 0.306. The van der Waals surface area contributed by atoms with Crippen LogP contribution in [0.1, 0.15) is 16.1 Å². The molecule has 21 heavy (non-hydrogen) atoms. The van der Waals surface area contributed by atoms with Crippen molar-refractivity contribution in [2.24, 2.45) is 0 Å². The lowest BCUT2D eigenvalue weighted by Gasteiger charge is -2.21. The Bertz CT molecular complexity index is 611. The van der Waals surface area contributed by atoms with E-state index in [9.17, 15) is 4.79 Å². The van der Waals surface area contributed by atoms with Crippen molar-refractivity contribution in [1.29, 1.82) is 0 Å². The monoisotopic (exact) mass is 282 g/mol. The number of carbonyl (C=O) groups excluding carboxylic acids is 1. The molecule has 0 unspecified atom stereocenters. The largest absolute Gasteiger partial charge is 0.494 e. The van der Waals surface area contributed by atoms with Crippen LogP contribution >= 0.6 is 0 Å². The van der Waals surface area contributed by atoms with E-state index in [-0.39, 0.29) is 5.91 Å². The number of nitrogens with zero attached hydrogens (tertiary/aromatic N) is 2. The highest BCUT2D eigenvalue weighted by Gasteiger charge is 2.20. The summed E-state index contributed by atoms with van der Waals surface area (Å²) in [6.45, 7) is 4.67. The molecule has 4 nitrogen and oxygen atoms in total. The highest BCUT2D eigenvalue weighted by Crippen LogP contribution is 2.18. The molecule has 1 heterocycles. The van der Waals surface area contributed by atoms with Gasteiger partial charge in [0.25, 0.3) is 5.91 Å². The zero-order valence-corrected chi connectivity index (χ0v) is 12.0. The molecule has 2 aromatic rings. The van der Waals surface area contributed by atoms with Crippen LogP contribution < -0.4 is 4.74 Å². The molecular weight excluding hydrogens is 264 g/mol. The maximum atomic E-state index is 12.7. The van der Waals surface area contributed by atoms with Crippen LogP contribution in [-0.2, 0) is 6.54 Å². The molecule has 0 fully saturated rings. The molecule has 0 radical (unpaired) electrons. The summed E-state index contributed by atoms with van der Waals surface area (Å²) in [6.07, 6.45) is 3.29. The van der Waals surface area contributed by atoms with Crippen molar-refractivity contribution >= 4 is 5.91 Å². The molecule has 0 N–H and O–H groups in total. The Hall–Kier alpha value is -2.62. The maximum absolute atomic E-state index is 12.7. The third-order valence-electron chi connectivity index (χ3n) is 3.05. The van der Waals surface area contributed by atoms with Gasteiger partial charge in [-0.3, -0.25) is 4.79 Å². The number of methoxy groups -OCH3 is 1. The number of hydrogen-bond acceptors (Lipinski definition) is 3. The van der Waals surface area contributed by atoms with Crippen molar-refractivity contribution in [3.63, 3.8) is 0 Å². The lowest BCUT2D eigenvalue weighted by molar-refractivity contribution is 0.0753. The summed E-state index contributed by atoms with van der Waals surface area (Å²) >= 11 is 0. The molecule has 0 aliphatic rings. The lowest BCUT2D eigenvalue weighted by atomic mass is 10.2. The summed E-state index contributed by atoms with van der Waals surface area (Å²) in [5.41, 5.74) is 1.38. The van der Waals surface area contributed by atoms with Gasteiger partial charge in [0.1, 0.15) is 5.75 Å².